The smallest absolute Gasteiger partial charge is 0.255 e. The summed E-state index contributed by atoms with van der Waals surface area (Å²) in [6, 6.07) is 14.9. The van der Waals surface area contributed by atoms with Crippen molar-refractivity contribution in [1.82, 2.24) is 9.78 Å². The van der Waals surface area contributed by atoms with Crippen molar-refractivity contribution in [2.45, 2.75) is 6.92 Å². The van der Waals surface area contributed by atoms with Gasteiger partial charge in [0.15, 0.2) is 0 Å². The van der Waals surface area contributed by atoms with E-state index in [2.05, 4.69) is 26.3 Å². The number of nitrogens with one attached hydrogen (secondary N) is 1. The van der Waals surface area contributed by atoms with Gasteiger partial charge in [0, 0.05) is 28.1 Å². The monoisotopic (exact) mass is 355 g/mol. The molecule has 5 heteroatoms. The first kappa shape index (κ1) is 14.5. The number of carbonyl (C=O) groups is 1. The molecule has 0 atom stereocenters. The molecule has 3 rings (SSSR count). The summed E-state index contributed by atoms with van der Waals surface area (Å²) in [5.41, 5.74) is 3.38. The average Bonchev–Trinajstić information content (AvgIpc) is 3.05. The van der Waals surface area contributed by atoms with E-state index in [-0.39, 0.29) is 5.91 Å². The van der Waals surface area contributed by atoms with Crippen molar-refractivity contribution in [2.24, 2.45) is 0 Å². The molecular weight excluding hydrogens is 342 g/mol. The molecular formula is C17H14BrN3O. The molecule has 0 aliphatic carbocycles. The molecule has 0 unspecified atom stereocenters. The Kier molecular flexibility index (Phi) is 4.06. The van der Waals surface area contributed by atoms with Gasteiger partial charge in [-0.15, -0.1) is 0 Å². The van der Waals surface area contributed by atoms with Gasteiger partial charge >= 0.3 is 0 Å². The number of carbonyl (C=O) groups excluding carboxylic acids is 1. The molecule has 0 fully saturated rings. The van der Waals surface area contributed by atoms with Gasteiger partial charge in [0.1, 0.15) is 0 Å². The maximum atomic E-state index is 12.3. The van der Waals surface area contributed by atoms with Crippen LogP contribution < -0.4 is 5.32 Å². The van der Waals surface area contributed by atoms with E-state index in [0.29, 0.717) is 5.56 Å². The number of aryl methyl sites for hydroxylation is 1. The van der Waals surface area contributed by atoms with Gasteiger partial charge in [0.05, 0.1) is 5.69 Å². The fourth-order valence-corrected chi connectivity index (χ4v) is 2.36. The number of amides is 1. The summed E-state index contributed by atoms with van der Waals surface area (Å²) in [6.07, 6.45) is 3.58. The molecule has 0 aliphatic rings. The Hall–Kier alpha value is -2.40. The summed E-state index contributed by atoms with van der Waals surface area (Å²) in [7, 11) is 0. The molecule has 0 saturated heterocycles. The van der Waals surface area contributed by atoms with Crippen LogP contribution in [-0.2, 0) is 0 Å². The zero-order chi connectivity index (χ0) is 15.5. The molecule has 0 aliphatic heterocycles. The summed E-state index contributed by atoms with van der Waals surface area (Å²) in [4.78, 5) is 12.3. The Bertz CT molecular complexity index is 795. The fourth-order valence-electron chi connectivity index (χ4n) is 2.11. The van der Waals surface area contributed by atoms with E-state index < -0.39 is 0 Å². The van der Waals surface area contributed by atoms with Crippen LogP contribution >= 0.6 is 15.9 Å². The summed E-state index contributed by atoms with van der Waals surface area (Å²) >= 11 is 3.45. The summed E-state index contributed by atoms with van der Waals surface area (Å²) in [5, 5.41) is 7.06. The van der Waals surface area contributed by atoms with Crippen LogP contribution in [0.2, 0.25) is 0 Å². The van der Waals surface area contributed by atoms with Gasteiger partial charge in [-0.1, -0.05) is 15.9 Å². The Labute approximate surface area is 136 Å². The minimum Gasteiger partial charge on any atom is -0.322 e. The third-order valence-corrected chi connectivity index (χ3v) is 4.20. The number of benzene rings is 2. The molecule has 3 aromatic rings. The van der Waals surface area contributed by atoms with E-state index in [0.717, 1.165) is 21.4 Å². The topological polar surface area (TPSA) is 46.9 Å². The van der Waals surface area contributed by atoms with Crippen LogP contribution in [-0.4, -0.2) is 15.7 Å². The molecule has 1 N–H and O–H groups in total. The Morgan fingerprint density at radius 1 is 1.18 bits per heavy atom. The number of rotatable bonds is 3. The highest BCUT2D eigenvalue weighted by atomic mass is 79.9. The van der Waals surface area contributed by atoms with Crippen LogP contribution in [0, 0.1) is 6.92 Å². The van der Waals surface area contributed by atoms with E-state index in [9.17, 15) is 4.79 Å². The normalized spacial score (nSPS) is 10.5. The SMILES string of the molecule is Cc1cc(NC(=O)c2ccc(-n3cccn3)cc2)ccc1Br. The molecule has 2 aromatic carbocycles. The third kappa shape index (κ3) is 3.09. The van der Waals surface area contributed by atoms with E-state index in [1.807, 2.05) is 49.5 Å². The van der Waals surface area contributed by atoms with Gasteiger partial charge in [-0.25, -0.2) is 4.68 Å². The van der Waals surface area contributed by atoms with Gasteiger partial charge in [0.2, 0.25) is 0 Å². The van der Waals surface area contributed by atoms with Gasteiger partial charge in [-0.05, 0) is 61.0 Å². The second-order valence-electron chi connectivity index (χ2n) is 4.92. The van der Waals surface area contributed by atoms with Crippen molar-refractivity contribution < 1.29 is 4.79 Å². The van der Waals surface area contributed by atoms with Crippen LogP contribution in [0.3, 0.4) is 0 Å². The fraction of sp³-hybridized carbons (Fsp3) is 0.0588. The van der Waals surface area contributed by atoms with Crippen molar-refractivity contribution in [2.75, 3.05) is 5.32 Å². The second-order valence-corrected chi connectivity index (χ2v) is 5.77. The Balaban J connectivity index is 1.76. The maximum absolute atomic E-state index is 12.3. The molecule has 0 saturated carbocycles. The highest BCUT2D eigenvalue weighted by Crippen LogP contribution is 2.20. The lowest BCUT2D eigenvalue weighted by Crippen LogP contribution is -2.12. The molecule has 0 radical (unpaired) electrons. The van der Waals surface area contributed by atoms with Crippen LogP contribution in [0.5, 0.6) is 0 Å². The largest absolute Gasteiger partial charge is 0.322 e. The van der Waals surface area contributed by atoms with Crippen molar-refractivity contribution >= 4 is 27.5 Å². The molecule has 1 heterocycles. The second kappa shape index (κ2) is 6.15. The molecule has 0 spiro atoms. The third-order valence-electron chi connectivity index (χ3n) is 3.31. The highest BCUT2D eigenvalue weighted by Gasteiger charge is 2.07. The van der Waals surface area contributed by atoms with Crippen molar-refractivity contribution in [1.29, 1.82) is 0 Å². The van der Waals surface area contributed by atoms with E-state index in [1.165, 1.54) is 0 Å². The molecule has 4 nitrogen and oxygen atoms in total. The minimum absolute atomic E-state index is 0.131. The minimum atomic E-state index is -0.131. The van der Waals surface area contributed by atoms with Crippen molar-refractivity contribution in [3.8, 4) is 5.69 Å². The first-order valence-electron chi connectivity index (χ1n) is 6.81. The predicted molar refractivity (Wildman–Crippen MR) is 90.4 cm³/mol. The first-order valence-corrected chi connectivity index (χ1v) is 7.60. The van der Waals surface area contributed by atoms with Crippen molar-refractivity contribution in [3.05, 3.63) is 76.5 Å². The standard InChI is InChI=1S/C17H14BrN3O/c1-12-11-14(5-8-16(12)18)20-17(22)13-3-6-15(7-4-13)21-10-2-9-19-21/h2-11H,1H3,(H,20,22). The highest BCUT2D eigenvalue weighted by molar-refractivity contribution is 9.10. The van der Waals surface area contributed by atoms with Gasteiger partial charge in [-0.3, -0.25) is 4.79 Å². The van der Waals surface area contributed by atoms with Gasteiger partial charge in [-0.2, -0.15) is 5.10 Å². The lowest BCUT2D eigenvalue weighted by molar-refractivity contribution is 0.102. The molecule has 22 heavy (non-hydrogen) atoms. The Morgan fingerprint density at radius 2 is 1.95 bits per heavy atom. The average molecular weight is 356 g/mol. The zero-order valence-corrected chi connectivity index (χ0v) is 13.5. The first-order chi connectivity index (χ1) is 10.6. The molecule has 1 amide bonds. The van der Waals surface area contributed by atoms with Gasteiger partial charge < -0.3 is 5.32 Å². The summed E-state index contributed by atoms with van der Waals surface area (Å²) in [6.45, 7) is 1.98. The van der Waals surface area contributed by atoms with Crippen LogP contribution in [0.15, 0.2) is 65.4 Å². The summed E-state index contributed by atoms with van der Waals surface area (Å²) < 4.78 is 2.77. The lowest BCUT2D eigenvalue weighted by atomic mass is 10.1. The molecule has 0 bridgehead atoms. The Morgan fingerprint density at radius 3 is 2.59 bits per heavy atom. The summed E-state index contributed by atoms with van der Waals surface area (Å²) in [5.74, 6) is -0.131. The van der Waals surface area contributed by atoms with E-state index in [1.54, 1.807) is 23.0 Å². The predicted octanol–water partition coefficient (Wildman–Crippen LogP) is 4.20. The number of hydrogen-bond donors (Lipinski definition) is 1. The van der Waals surface area contributed by atoms with Gasteiger partial charge in [0.25, 0.3) is 5.91 Å². The van der Waals surface area contributed by atoms with Crippen LogP contribution in [0.4, 0.5) is 5.69 Å². The number of hydrogen-bond acceptors (Lipinski definition) is 2. The van der Waals surface area contributed by atoms with Crippen LogP contribution in [0.1, 0.15) is 15.9 Å². The zero-order valence-electron chi connectivity index (χ0n) is 12.0. The number of halogens is 1. The van der Waals surface area contributed by atoms with E-state index in [4.69, 9.17) is 0 Å². The maximum Gasteiger partial charge on any atom is 0.255 e. The number of aromatic nitrogens is 2. The van der Waals surface area contributed by atoms with Crippen molar-refractivity contribution in [3.63, 3.8) is 0 Å². The quantitative estimate of drug-likeness (QED) is 0.765. The number of anilines is 1. The van der Waals surface area contributed by atoms with E-state index >= 15 is 0 Å². The lowest BCUT2D eigenvalue weighted by Gasteiger charge is -2.08. The number of nitrogens with zero attached hydrogens (tertiary/aromatic N) is 2. The molecule has 1 aromatic heterocycles. The van der Waals surface area contributed by atoms with Crippen LogP contribution in [0.25, 0.3) is 5.69 Å². The molecule has 110 valence electrons.